The summed E-state index contributed by atoms with van der Waals surface area (Å²) in [4.78, 5) is 26.8. The van der Waals surface area contributed by atoms with Gasteiger partial charge in [-0.2, -0.15) is 14.5 Å². The van der Waals surface area contributed by atoms with Crippen molar-refractivity contribution in [2.75, 3.05) is 18.8 Å². The molecule has 37 heavy (non-hydrogen) atoms. The molecule has 5 rings (SSSR count). The third kappa shape index (κ3) is 5.16. The topological polar surface area (TPSA) is 121 Å². The predicted octanol–water partition coefficient (Wildman–Crippen LogP) is 4.97. The lowest BCUT2D eigenvalue weighted by atomic mass is 10.1. The zero-order valence-corrected chi connectivity index (χ0v) is 20.9. The smallest absolute Gasteiger partial charge is 0.410 e. The van der Waals surface area contributed by atoms with E-state index >= 15 is 4.39 Å². The van der Waals surface area contributed by atoms with Gasteiger partial charge in [-0.25, -0.2) is 19.4 Å². The fourth-order valence-corrected chi connectivity index (χ4v) is 4.35. The number of nitrogens with zero attached hydrogens (tertiary/aromatic N) is 6. The van der Waals surface area contributed by atoms with E-state index in [-0.39, 0.29) is 35.1 Å². The molecule has 4 heterocycles. The number of nitrogen functional groups attached to an aromatic ring is 1. The first-order valence-electron chi connectivity index (χ1n) is 12.1. The molecule has 1 aliphatic rings. The van der Waals surface area contributed by atoms with Crippen molar-refractivity contribution >= 4 is 22.9 Å². The highest BCUT2D eigenvalue weighted by molar-refractivity contribution is 5.98. The van der Waals surface area contributed by atoms with Gasteiger partial charge in [-0.3, -0.25) is 0 Å². The van der Waals surface area contributed by atoms with Crippen molar-refractivity contribution in [3.63, 3.8) is 0 Å². The Labute approximate surface area is 213 Å². The van der Waals surface area contributed by atoms with Crippen molar-refractivity contribution in [1.82, 2.24) is 29.6 Å². The first-order valence-corrected chi connectivity index (χ1v) is 12.1. The number of hydrogen-bond acceptors (Lipinski definition) is 8. The number of anilines is 1. The number of fused-ring (bicyclic) bond motifs is 1. The molecule has 1 fully saturated rings. The number of ether oxygens (including phenoxy) is 2. The first kappa shape index (κ1) is 24.4. The zero-order chi connectivity index (χ0) is 26.2. The Hall–Kier alpha value is -4.28. The number of amides is 1. The highest BCUT2D eigenvalue weighted by atomic mass is 19.1. The van der Waals surface area contributed by atoms with E-state index in [4.69, 9.17) is 20.3 Å². The van der Waals surface area contributed by atoms with Crippen LogP contribution in [0, 0.1) is 5.95 Å². The Morgan fingerprint density at radius 1 is 1.14 bits per heavy atom. The maximum Gasteiger partial charge on any atom is 0.410 e. The predicted molar refractivity (Wildman–Crippen MR) is 136 cm³/mol. The largest absolute Gasteiger partial charge is 0.444 e. The fourth-order valence-electron chi connectivity index (χ4n) is 4.35. The molecule has 0 aliphatic carbocycles. The van der Waals surface area contributed by atoms with E-state index in [2.05, 4.69) is 15.0 Å². The van der Waals surface area contributed by atoms with E-state index in [0.717, 1.165) is 12.8 Å². The Morgan fingerprint density at radius 3 is 2.65 bits per heavy atom. The number of pyridine rings is 1. The minimum Gasteiger partial charge on any atom is -0.444 e. The maximum atomic E-state index is 15.3. The molecule has 10 nitrogen and oxygen atoms in total. The van der Waals surface area contributed by atoms with Crippen molar-refractivity contribution in [1.29, 1.82) is 0 Å². The van der Waals surface area contributed by atoms with Crippen molar-refractivity contribution < 1.29 is 18.7 Å². The lowest BCUT2D eigenvalue weighted by molar-refractivity contribution is 0.0169. The molecule has 11 heteroatoms. The Balaban J connectivity index is 1.49. The summed E-state index contributed by atoms with van der Waals surface area (Å²) in [6.07, 6.45) is 2.47. The summed E-state index contributed by atoms with van der Waals surface area (Å²) in [5, 5.41) is 5.15. The number of hydrogen-bond donors (Lipinski definition) is 1. The summed E-state index contributed by atoms with van der Waals surface area (Å²) in [7, 11) is 0. The van der Waals surface area contributed by atoms with Crippen LogP contribution in [0.2, 0.25) is 0 Å². The standard InChI is InChI=1S/C26H28FN7O3/c1-26(2,3)37-25(35)33-13-7-8-16(14-33)34-24-20(23(28)29-15-30-24)21(32-34)18-11-12-19(31-22(18)27)36-17-9-5-4-6-10-17/h4-6,9-12,15-16H,7-8,13-14H2,1-3H3,(H2,28,29,30)/t16-/m0/s1. The normalized spacial score (nSPS) is 16.1. The van der Waals surface area contributed by atoms with E-state index in [1.165, 1.54) is 6.33 Å². The van der Waals surface area contributed by atoms with Crippen molar-refractivity contribution in [3.8, 4) is 22.9 Å². The average Bonchev–Trinajstić information content (AvgIpc) is 3.25. The number of carbonyl (C=O) groups is 1. The summed E-state index contributed by atoms with van der Waals surface area (Å²) in [5.41, 5.74) is 6.49. The van der Waals surface area contributed by atoms with E-state index in [1.807, 2.05) is 39.0 Å². The van der Waals surface area contributed by atoms with Crippen molar-refractivity contribution in [3.05, 3.63) is 54.7 Å². The molecule has 192 valence electrons. The fraction of sp³-hybridized carbons (Fsp3) is 0.346. The summed E-state index contributed by atoms with van der Waals surface area (Å²) >= 11 is 0. The van der Waals surface area contributed by atoms with Crippen LogP contribution in [0.4, 0.5) is 15.0 Å². The van der Waals surface area contributed by atoms with Crippen LogP contribution >= 0.6 is 0 Å². The molecule has 0 spiro atoms. The molecule has 1 amide bonds. The monoisotopic (exact) mass is 505 g/mol. The minimum atomic E-state index is -0.762. The van der Waals surface area contributed by atoms with Gasteiger partial charge in [0, 0.05) is 19.2 Å². The van der Waals surface area contributed by atoms with Gasteiger partial charge in [0.15, 0.2) is 5.65 Å². The van der Waals surface area contributed by atoms with E-state index in [9.17, 15) is 4.79 Å². The number of piperidine rings is 1. The number of likely N-dealkylation sites (tertiary alicyclic amines) is 1. The number of rotatable bonds is 4. The first-order chi connectivity index (χ1) is 17.7. The second kappa shape index (κ2) is 9.64. The van der Waals surface area contributed by atoms with Gasteiger partial charge < -0.3 is 20.1 Å². The van der Waals surface area contributed by atoms with E-state index in [0.29, 0.717) is 29.9 Å². The Bertz CT molecular complexity index is 1440. The molecule has 0 bridgehead atoms. The third-order valence-corrected chi connectivity index (χ3v) is 5.96. The molecular weight excluding hydrogens is 477 g/mol. The molecule has 1 aliphatic heterocycles. The van der Waals surface area contributed by atoms with Gasteiger partial charge in [-0.05, 0) is 51.8 Å². The number of halogens is 1. The molecule has 3 aromatic heterocycles. The lowest BCUT2D eigenvalue weighted by Crippen LogP contribution is -2.43. The van der Waals surface area contributed by atoms with Crippen LogP contribution in [0.3, 0.4) is 0 Å². The molecular formula is C26H28FN7O3. The summed E-state index contributed by atoms with van der Waals surface area (Å²) in [6, 6.07) is 11.9. The molecule has 0 radical (unpaired) electrons. The third-order valence-electron chi connectivity index (χ3n) is 5.96. The van der Waals surface area contributed by atoms with Gasteiger partial charge in [0.1, 0.15) is 29.2 Å². The van der Waals surface area contributed by atoms with E-state index < -0.39 is 11.5 Å². The number of nitrogens with two attached hydrogens (primary N) is 1. The van der Waals surface area contributed by atoms with Crippen LogP contribution in [0.1, 0.15) is 39.7 Å². The van der Waals surface area contributed by atoms with Gasteiger partial charge >= 0.3 is 6.09 Å². The molecule has 1 saturated heterocycles. The van der Waals surface area contributed by atoms with Gasteiger partial charge in [0.25, 0.3) is 0 Å². The number of carbonyl (C=O) groups excluding carboxylic acids is 1. The van der Waals surface area contributed by atoms with Crippen LogP contribution in [-0.2, 0) is 4.74 Å². The average molecular weight is 506 g/mol. The summed E-state index contributed by atoms with van der Waals surface area (Å²) in [5.74, 6) is 0.0689. The van der Waals surface area contributed by atoms with Crippen molar-refractivity contribution in [2.45, 2.75) is 45.3 Å². The molecule has 1 aromatic carbocycles. The van der Waals surface area contributed by atoms with E-state index in [1.54, 1.807) is 33.8 Å². The number of para-hydroxylation sites is 1. The highest BCUT2D eigenvalue weighted by Gasteiger charge is 2.31. The van der Waals surface area contributed by atoms with Crippen LogP contribution in [0.25, 0.3) is 22.3 Å². The quantitative estimate of drug-likeness (QED) is 0.386. The summed E-state index contributed by atoms with van der Waals surface area (Å²) in [6.45, 7) is 6.45. The Morgan fingerprint density at radius 2 is 1.92 bits per heavy atom. The number of benzene rings is 1. The van der Waals surface area contributed by atoms with Crippen LogP contribution < -0.4 is 10.5 Å². The molecule has 2 N–H and O–H groups in total. The van der Waals surface area contributed by atoms with Crippen LogP contribution in [-0.4, -0.2) is 54.4 Å². The SMILES string of the molecule is CC(C)(C)OC(=O)N1CCC[C@H](n2nc(-c3ccc(Oc4ccccc4)nc3F)c3c(N)ncnc32)C1. The summed E-state index contributed by atoms with van der Waals surface area (Å²) < 4.78 is 28.2. The minimum absolute atomic E-state index is 0.112. The van der Waals surface area contributed by atoms with Gasteiger partial charge in [-0.15, -0.1) is 0 Å². The molecule has 0 unspecified atom stereocenters. The highest BCUT2D eigenvalue weighted by Crippen LogP contribution is 2.35. The van der Waals surface area contributed by atoms with Crippen molar-refractivity contribution in [2.24, 2.45) is 0 Å². The molecule has 4 aromatic rings. The second-order valence-corrected chi connectivity index (χ2v) is 9.88. The van der Waals surface area contributed by atoms with Crippen LogP contribution in [0.5, 0.6) is 11.6 Å². The molecule has 1 atom stereocenters. The zero-order valence-electron chi connectivity index (χ0n) is 20.9. The lowest BCUT2D eigenvalue weighted by Gasteiger charge is -2.34. The Kier molecular flexibility index (Phi) is 6.36. The maximum absolute atomic E-state index is 15.3. The van der Waals surface area contributed by atoms with Gasteiger partial charge in [0.2, 0.25) is 11.8 Å². The second-order valence-electron chi connectivity index (χ2n) is 9.88. The van der Waals surface area contributed by atoms with Gasteiger partial charge in [0.05, 0.1) is 17.0 Å². The molecule has 0 saturated carbocycles. The van der Waals surface area contributed by atoms with Crippen LogP contribution in [0.15, 0.2) is 48.8 Å². The van der Waals surface area contributed by atoms with Gasteiger partial charge in [-0.1, -0.05) is 18.2 Å². The number of aromatic nitrogens is 5.